The molecule has 10 heteroatoms. The van der Waals surface area contributed by atoms with Gasteiger partial charge in [-0.1, -0.05) is 11.6 Å². The number of benzene rings is 1. The Hall–Kier alpha value is -2.13. The molecular weight excluding hydrogens is 434 g/mol. The first-order chi connectivity index (χ1) is 14.2. The normalized spacial score (nSPS) is 19.3. The standard InChI is InChI=1S/C21H26ClF4N5/c1-19(2)9-13(10-20(3,4)31(19)5)28-17-16(23)11-27-18(30-17)29-12-6-7-14(15(22)8-12)21(24,25)26/h6-8,11,13H,9-10H2,1-5H3,(H2,27,28,29,30). The van der Waals surface area contributed by atoms with Gasteiger partial charge in [-0.05, 0) is 65.8 Å². The summed E-state index contributed by atoms with van der Waals surface area (Å²) < 4.78 is 53.0. The van der Waals surface area contributed by atoms with Crippen molar-refractivity contribution in [3.05, 3.63) is 40.8 Å². The summed E-state index contributed by atoms with van der Waals surface area (Å²) in [7, 11) is 2.08. The first kappa shape index (κ1) is 23.5. The summed E-state index contributed by atoms with van der Waals surface area (Å²) >= 11 is 5.75. The van der Waals surface area contributed by atoms with Crippen LogP contribution in [0.25, 0.3) is 0 Å². The highest BCUT2D eigenvalue weighted by Crippen LogP contribution is 2.38. The van der Waals surface area contributed by atoms with E-state index in [1.54, 1.807) is 0 Å². The molecule has 1 aromatic heterocycles. The van der Waals surface area contributed by atoms with Gasteiger partial charge in [-0.25, -0.2) is 9.37 Å². The lowest BCUT2D eigenvalue weighted by Crippen LogP contribution is -2.61. The molecule has 31 heavy (non-hydrogen) atoms. The number of alkyl halides is 3. The third-order valence-corrected chi connectivity index (χ3v) is 6.24. The first-order valence-electron chi connectivity index (χ1n) is 9.86. The van der Waals surface area contributed by atoms with Crippen LogP contribution < -0.4 is 10.6 Å². The summed E-state index contributed by atoms with van der Waals surface area (Å²) in [5.74, 6) is -0.520. The fraction of sp³-hybridized carbons (Fsp3) is 0.524. The molecule has 1 saturated heterocycles. The van der Waals surface area contributed by atoms with Crippen LogP contribution in [-0.4, -0.2) is 39.0 Å². The summed E-state index contributed by atoms with van der Waals surface area (Å²) in [6.45, 7) is 8.56. The predicted molar refractivity (Wildman–Crippen MR) is 114 cm³/mol. The second-order valence-corrected chi connectivity index (χ2v) is 9.55. The maximum Gasteiger partial charge on any atom is 0.417 e. The van der Waals surface area contributed by atoms with E-state index < -0.39 is 22.6 Å². The molecule has 0 bridgehead atoms. The van der Waals surface area contributed by atoms with Crippen molar-refractivity contribution < 1.29 is 17.6 Å². The van der Waals surface area contributed by atoms with Gasteiger partial charge in [0.15, 0.2) is 11.6 Å². The second kappa shape index (κ2) is 8.09. The van der Waals surface area contributed by atoms with E-state index >= 15 is 0 Å². The first-order valence-corrected chi connectivity index (χ1v) is 10.2. The molecule has 170 valence electrons. The van der Waals surface area contributed by atoms with Gasteiger partial charge in [-0.15, -0.1) is 0 Å². The van der Waals surface area contributed by atoms with E-state index in [0.717, 1.165) is 31.2 Å². The van der Waals surface area contributed by atoms with E-state index in [1.807, 2.05) is 0 Å². The molecule has 0 radical (unpaired) electrons. The molecule has 5 nitrogen and oxygen atoms in total. The minimum absolute atomic E-state index is 0.0148. The van der Waals surface area contributed by atoms with Gasteiger partial charge in [0, 0.05) is 22.8 Å². The molecule has 0 amide bonds. The Balaban J connectivity index is 1.79. The average Bonchev–Trinajstić information content (AvgIpc) is 2.61. The molecule has 0 saturated carbocycles. The summed E-state index contributed by atoms with van der Waals surface area (Å²) in [6.07, 6.45) is -1.95. The molecule has 3 rings (SSSR count). The van der Waals surface area contributed by atoms with Crippen molar-refractivity contribution in [2.45, 2.75) is 63.8 Å². The van der Waals surface area contributed by atoms with E-state index in [2.05, 4.69) is 60.2 Å². The van der Waals surface area contributed by atoms with Gasteiger partial charge in [-0.2, -0.15) is 18.2 Å². The molecule has 1 aliphatic rings. The average molecular weight is 460 g/mol. The van der Waals surface area contributed by atoms with Crippen LogP contribution in [-0.2, 0) is 6.18 Å². The molecule has 0 aliphatic carbocycles. The molecule has 0 unspecified atom stereocenters. The van der Waals surface area contributed by atoms with E-state index in [1.165, 1.54) is 6.07 Å². The Morgan fingerprint density at radius 1 is 1.13 bits per heavy atom. The lowest BCUT2D eigenvalue weighted by molar-refractivity contribution is -0.137. The minimum atomic E-state index is -4.55. The van der Waals surface area contributed by atoms with Gasteiger partial charge in [0.1, 0.15) is 0 Å². The Bertz CT molecular complexity index is 943. The number of piperidine rings is 1. The van der Waals surface area contributed by atoms with Crippen LogP contribution in [0.15, 0.2) is 24.4 Å². The Morgan fingerprint density at radius 2 is 1.74 bits per heavy atom. The molecule has 0 atom stereocenters. The molecule has 2 heterocycles. The van der Waals surface area contributed by atoms with Gasteiger partial charge >= 0.3 is 6.18 Å². The highest BCUT2D eigenvalue weighted by Gasteiger charge is 2.43. The van der Waals surface area contributed by atoms with Crippen molar-refractivity contribution in [2.24, 2.45) is 0 Å². The van der Waals surface area contributed by atoms with Crippen LogP contribution >= 0.6 is 11.6 Å². The quantitative estimate of drug-likeness (QED) is 0.541. The van der Waals surface area contributed by atoms with Gasteiger partial charge in [0.2, 0.25) is 5.95 Å². The van der Waals surface area contributed by atoms with Gasteiger partial charge < -0.3 is 10.6 Å². The number of nitrogens with zero attached hydrogens (tertiary/aromatic N) is 3. The molecular formula is C21H26ClF4N5. The fourth-order valence-electron chi connectivity index (χ4n) is 4.15. The maximum atomic E-state index is 14.4. The number of hydrogen-bond donors (Lipinski definition) is 2. The highest BCUT2D eigenvalue weighted by atomic mass is 35.5. The van der Waals surface area contributed by atoms with Gasteiger partial charge in [0.05, 0.1) is 16.8 Å². The van der Waals surface area contributed by atoms with Crippen molar-refractivity contribution in [2.75, 3.05) is 17.7 Å². The fourth-order valence-corrected chi connectivity index (χ4v) is 4.43. The zero-order chi connectivity index (χ0) is 23.2. The summed E-state index contributed by atoms with van der Waals surface area (Å²) in [6, 6.07) is 3.21. The Labute approximate surface area is 184 Å². The Kier molecular flexibility index (Phi) is 6.14. The van der Waals surface area contributed by atoms with Crippen molar-refractivity contribution in [3.8, 4) is 0 Å². The third-order valence-electron chi connectivity index (χ3n) is 5.92. The van der Waals surface area contributed by atoms with Crippen molar-refractivity contribution in [1.82, 2.24) is 14.9 Å². The van der Waals surface area contributed by atoms with E-state index in [0.29, 0.717) is 0 Å². The van der Waals surface area contributed by atoms with Crippen LogP contribution in [0.2, 0.25) is 5.02 Å². The number of likely N-dealkylation sites (tertiary alicyclic amines) is 1. The monoisotopic (exact) mass is 459 g/mol. The number of halogens is 5. The molecule has 1 aliphatic heterocycles. The summed E-state index contributed by atoms with van der Waals surface area (Å²) in [5, 5.41) is 5.51. The topological polar surface area (TPSA) is 53.1 Å². The van der Waals surface area contributed by atoms with E-state index in [9.17, 15) is 17.6 Å². The van der Waals surface area contributed by atoms with Gasteiger partial charge in [-0.3, -0.25) is 4.90 Å². The number of aromatic nitrogens is 2. The molecule has 0 spiro atoms. The minimum Gasteiger partial charge on any atom is -0.365 e. The molecule has 1 fully saturated rings. The van der Waals surface area contributed by atoms with Crippen molar-refractivity contribution in [3.63, 3.8) is 0 Å². The Morgan fingerprint density at radius 3 is 2.29 bits per heavy atom. The van der Waals surface area contributed by atoms with Crippen LogP contribution in [0.4, 0.5) is 35.0 Å². The lowest BCUT2D eigenvalue weighted by Gasteiger charge is -2.53. The van der Waals surface area contributed by atoms with Crippen LogP contribution in [0.1, 0.15) is 46.1 Å². The van der Waals surface area contributed by atoms with Crippen LogP contribution in [0, 0.1) is 5.82 Å². The highest BCUT2D eigenvalue weighted by molar-refractivity contribution is 6.31. The van der Waals surface area contributed by atoms with Gasteiger partial charge in [0.25, 0.3) is 0 Å². The van der Waals surface area contributed by atoms with Crippen molar-refractivity contribution >= 4 is 29.1 Å². The number of nitrogens with one attached hydrogen (secondary N) is 2. The van der Waals surface area contributed by atoms with Crippen LogP contribution in [0.5, 0.6) is 0 Å². The zero-order valence-electron chi connectivity index (χ0n) is 18.0. The van der Waals surface area contributed by atoms with Crippen LogP contribution in [0.3, 0.4) is 0 Å². The zero-order valence-corrected chi connectivity index (χ0v) is 18.8. The SMILES string of the molecule is CN1C(C)(C)CC(Nc2nc(Nc3ccc(C(F)(F)F)c(Cl)c3)ncc2F)CC1(C)C. The smallest absolute Gasteiger partial charge is 0.365 e. The molecule has 1 aromatic carbocycles. The van der Waals surface area contributed by atoms with E-state index in [-0.39, 0.29) is 34.6 Å². The van der Waals surface area contributed by atoms with E-state index in [4.69, 9.17) is 11.6 Å². The second-order valence-electron chi connectivity index (χ2n) is 9.14. The number of rotatable bonds is 4. The third kappa shape index (κ3) is 5.20. The number of anilines is 3. The van der Waals surface area contributed by atoms with Crippen molar-refractivity contribution in [1.29, 1.82) is 0 Å². The number of hydrogen-bond acceptors (Lipinski definition) is 5. The molecule has 2 N–H and O–H groups in total. The maximum absolute atomic E-state index is 14.4. The lowest BCUT2D eigenvalue weighted by atomic mass is 9.77. The molecule has 2 aromatic rings. The predicted octanol–water partition coefficient (Wildman–Crippen LogP) is 6.09. The summed E-state index contributed by atoms with van der Waals surface area (Å²) in [5.41, 5.74) is -0.867. The largest absolute Gasteiger partial charge is 0.417 e. The summed E-state index contributed by atoms with van der Waals surface area (Å²) in [4.78, 5) is 10.4.